The lowest BCUT2D eigenvalue weighted by molar-refractivity contribution is -0.152. The molecule has 0 aliphatic heterocycles. The van der Waals surface area contributed by atoms with E-state index in [0.29, 0.717) is 6.61 Å². The first-order valence-electron chi connectivity index (χ1n) is 8.17. The van der Waals surface area contributed by atoms with Gasteiger partial charge in [-0.05, 0) is 50.7 Å². The molecule has 1 aromatic rings. The van der Waals surface area contributed by atoms with Gasteiger partial charge in [0.2, 0.25) is 0 Å². The molecule has 1 aliphatic rings. The Morgan fingerprint density at radius 1 is 1.33 bits per heavy atom. The lowest BCUT2D eigenvalue weighted by Gasteiger charge is -2.35. The van der Waals surface area contributed by atoms with Gasteiger partial charge in [0.25, 0.3) is 0 Å². The van der Waals surface area contributed by atoms with Crippen LogP contribution in [0.25, 0.3) is 0 Å². The molecule has 0 saturated heterocycles. The molecule has 0 amide bonds. The molecule has 0 bridgehead atoms. The SMILES string of the molecule is CCOC(=O)C1(NC(C)CC)CCCCc2ccccc21. The predicted octanol–water partition coefficient (Wildman–Crippen LogP) is 3.56. The zero-order valence-corrected chi connectivity index (χ0v) is 13.4. The Morgan fingerprint density at radius 3 is 2.81 bits per heavy atom. The maximum Gasteiger partial charge on any atom is 0.331 e. The molecule has 3 nitrogen and oxygen atoms in total. The van der Waals surface area contributed by atoms with Gasteiger partial charge in [-0.15, -0.1) is 0 Å². The second kappa shape index (κ2) is 7.08. The molecule has 1 aliphatic carbocycles. The molecule has 2 atom stereocenters. The molecule has 1 aromatic carbocycles. The van der Waals surface area contributed by atoms with Gasteiger partial charge in [-0.2, -0.15) is 0 Å². The van der Waals surface area contributed by atoms with Gasteiger partial charge in [0.05, 0.1) is 6.61 Å². The summed E-state index contributed by atoms with van der Waals surface area (Å²) >= 11 is 0. The monoisotopic (exact) mass is 289 g/mol. The molecule has 21 heavy (non-hydrogen) atoms. The van der Waals surface area contributed by atoms with Crippen molar-refractivity contribution in [1.82, 2.24) is 5.32 Å². The molecule has 2 rings (SSSR count). The number of aryl methyl sites for hydroxylation is 1. The minimum atomic E-state index is -0.682. The molecule has 1 N–H and O–H groups in total. The van der Waals surface area contributed by atoms with E-state index in [-0.39, 0.29) is 12.0 Å². The smallest absolute Gasteiger partial charge is 0.331 e. The summed E-state index contributed by atoms with van der Waals surface area (Å²) in [5, 5.41) is 3.59. The number of esters is 1. The summed E-state index contributed by atoms with van der Waals surface area (Å²) in [6, 6.07) is 8.60. The first kappa shape index (κ1) is 16.0. The Labute approximate surface area is 128 Å². The zero-order valence-electron chi connectivity index (χ0n) is 13.4. The number of rotatable bonds is 5. The highest BCUT2D eigenvalue weighted by molar-refractivity contribution is 5.83. The normalized spacial score (nSPS) is 23.0. The number of hydrogen-bond donors (Lipinski definition) is 1. The quantitative estimate of drug-likeness (QED) is 0.665. The van der Waals surface area contributed by atoms with Gasteiger partial charge in [-0.25, -0.2) is 4.79 Å². The third-order valence-electron chi connectivity index (χ3n) is 4.45. The standard InChI is InChI=1S/C18H27NO2/c1-4-14(3)19-18(17(20)21-5-2)13-9-8-11-15-10-6-7-12-16(15)18/h6-7,10,12,14,19H,4-5,8-9,11,13H2,1-3H3. The molecule has 0 radical (unpaired) electrons. The summed E-state index contributed by atoms with van der Waals surface area (Å²) in [6.07, 6.45) is 5.01. The molecular formula is C18H27NO2. The Balaban J connectivity index is 2.49. The minimum absolute atomic E-state index is 0.125. The summed E-state index contributed by atoms with van der Waals surface area (Å²) in [4.78, 5) is 12.8. The lowest BCUT2D eigenvalue weighted by Crippen LogP contribution is -2.53. The van der Waals surface area contributed by atoms with Crippen molar-refractivity contribution >= 4 is 5.97 Å². The van der Waals surface area contributed by atoms with Crippen LogP contribution in [0.1, 0.15) is 57.6 Å². The second-order valence-electron chi connectivity index (χ2n) is 5.94. The van der Waals surface area contributed by atoms with Crippen LogP contribution in [0.3, 0.4) is 0 Å². The van der Waals surface area contributed by atoms with Crippen LogP contribution in [-0.2, 0) is 21.5 Å². The van der Waals surface area contributed by atoms with Gasteiger partial charge in [-0.1, -0.05) is 37.6 Å². The Hall–Kier alpha value is -1.35. The van der Waals surface area contributed by atoms with Crippen molar-refractivity contribution in [2.75, 3.05) is 6.61 Å². The molecule has 2 unspecified atom stereocenters. The Kier molecular flexibility index (Phi) is 5.40. The van der Waals surface area contributed by atoms with E-state index >= 15 is 0 Å². The molecule has 0 saturated carbocycles. The van der Waals surface area contributed by atoms with Gasteiger partial charge in [-0.3, -0.25) is 5.32 Å². The maximum absolute atomic E-state index is 12.8. The van der Waals surface area contributed by atoms with E-state index in [4.69, 9.17) is 4.74 Å². The summed E-state index contributed by atoms with van der Waals surface area (Å²) in [7, 11) is 0. The molecule has 0 heterocycles. The Morgan fingerprint density at radius 2 is 2.10 bits per heavy atom. The Bertz CT molecular complexity index is 486. The van der Waals surface area contributed by atoms with Gasteiger partial charge < -0.3 is 4.74 Å². The van der Waals surface area contributed by atoms with Crippen LogP contribution in [0.5, 0.6) is 0 Å². The zero-order chi connectivity index (χ0) is 15.3. The fourth-order valence-electron chi connectivity index (χ4n) is 3.19. The van der Waals surface area contributed by atoms with E-state index < -0.39 is 5.54 Å². The van der Waals surface area contributed by atoms with Crippen LogP contribution in [0, 0.1) is 0 Å². The van der Waals surface area contributed by atoms with Crippen molar-refractivity contribution in [2.24, 2.45) is 0 Å². The average molecular weight is 289 g/mol. The topological polar surface area (TPSA) is 38.3 Å². The van der Waals surface area contributed by atoms with Crippen molar-refractivity contribution < 1.29 is 9.53 Å². The highest BCUT2D eigenvalue weighted by Crippen LogP contribution is 2.36. The number of benzene rings is 1. The predicted molar refractivity (Wildman–Crippen MR) is 85.2 cm³/mol. The van der Waals surface area contributed by atoms with Crippen LogP contribution < -0.4 is 5.32 Å². The number of carbonyl (C=O) groups is 1. The van der Waals surface area contributed by atoms with Gasteiger partial charge in [0.1, 0.15) is 5.54 Å². The highest BCUT2D eigenvalue weighted by atomic mass is 16.5. The average Bonchev–Trinajstić information content (AvgIpc) is 2.68. The van der Waals surface area contributed by atoms with E-state index in [1.54, 1.807) is 0 Å². The van der Waals surface area contributed by atoms with Crippen molar-refractivity contribution in [3.8, 4) is 0 Å². The first-order chi connectivity index (χ1) is 10.1. The second-order valence-corrected chi connectivity index (χ2v) is 5.94. The van der Waals surface area contributed by atoms with Crippen LogP contribution in [0.2, 0.25) is 0 Å². The van der Waals surface area contributed by atoms with E-state index in [1.165, 1.54) is 5.56 Å². The molecular weight excluding hydrogens is 262 g/mol. The maximum atomic E-state index is 12.8. The number of fused-ring (bicyclic) bond motifs is 1. The third kappa shape index (κ3) is 3.29. The van der Waals surface area contributed by atoms with E-state index in [0.717, 1.165) is 37.7 Å². The molecule has 0 fully saturated rings. The van der Waals surface area contributed by atoms with E-state index in [9.17, 15) is 4.79 Å². The summed E-state index contributed by atoms with van der Waals surface area (Å²) in [5.41, 5.74) is 1.71. The summed E-state index contributed by atoms with van der Waals surface area (Å²) in [5.74, 6) is -0.125. The fourth-order valence-corrected chi connectivity index (χ4v) is 3.19. The number of hydrogen-bond acceptors (Lipinski definition) is 3. The van der Waals surface area contributed by atoms with Crippen molar-refractivity contribution in [1.29, 1.82) is 0 Å². The van der Waals surface area contributed by atoms with Crippen LogP contribution in [0.4, 0.5) is 0 Å². The molecule has 0 aromatic heterocycles. The molecule has 116 valence electrons. The third-order valence-corrected chi connectivity index (χ3v) is 4.45. The number of carbonyl (C=O) groups excluding carboxylic acids is 1. The first-order valence-corrected chi connectivity index (χ1v) is 8.17. The molecule has 3 heteroatoms. The van der Waals surface area contributed by atoms with Crippen LogP contribution in [0.15, 0.2) is 24.3 Å². The summed E-state index contributed by atoms with van der Waals surface area (Å²) in [6.45, 7) is 6.57. The summed E-state index contributed by atoms with van der Waals surface area (Å²) < 4.78 is 5.44. The van der Waals surface area contributed by atoms with Crippen molar-refractivity contribution in [2.45, 2.75) is 64.5 Å². The van der Waals surface area contributed by atoms with Crippen molar-refractivity contribution in [3.63, 3.8) is 0 Å². The van der Waals surface area contributed by atoms with E-state index in [2.05, 4.69) is 37.4 Å². The highest BCUT2D eigenvalue weighted by Gasteiger charge is 2.44. The van der Waals surface area contributed by atoms with Crippen LogP contribution >= 0.6 is 0 Å². The van der Waals surface area contributed by atoms with E-state index in [1.807, 2.05) is 13.0 Å². The van der Waals surface area contributed by atoms with Gasteiger partial charge in [0.15, 0.2) is 0 Å². The number of ether oxygens (including phenoxy) is 1. The minimum Gasteiger partial charge on any atom is -0.464 e. The number of nitrogens with one attached hydrogen (secondary N) is 1. The van der Waals surface area contributed by atoms with Crippen LogP contribution in [-0.4, -0.2) is 18.6 Å². The molecule has 0 spiro atoms. The van der Waals surface area contributed by atoms with Gasteiger partial charge >= 0.3 is 5.97 Å². The largest absolute Gasteiger partial charge is 0.464 e. The lowest BCUT2D eigenvalue weighted by atomic mass is 9.83. The van der Waals surface area contributed by atoms with Gasteiger partial charge in [0, 0.05) is 6.04 Å². The fraction of sp³-hybridized carbons (Fsp3) is 0.611. The van der Waals surface area contributed by atoms with Crippen molar-refractivity contribution in [3.05, 3.63) is 35.4 Å².